The molecule has 20 heavy (non-hydrogen) atoms. The third-order valence-electron chi connectivity index (χ3n) is 3.15. The maximum atomic E-state index is 12.0. The summed E-state index contributed by atoms with van der Waals surface area (Å²) in [6.07, 6.45) is 4.85. The van der Waals surface area contributed by atoms with Crippen LogP contribution in [0.2, 0.25) is 0 Å². The fourth-order valence-corrected chi connectivity index (χ4v) is 1.96. The van der Waals surface area contributed by atoms with Gasteiger partial charge in [0, 0.05) is 25.6 Å². The third kappa shape index (κ3) is 4.52. The zero-order valence-corrected chi connectivity index (χ0v) is 11.2. The molecular weight excluding hydrogens is 262 g/mol. The molecule has 1 aliphatic carbocycles. The minimum absolute atomic E-state index is 0.0119. The molecule has 8 nitrogen and oxygen atoms in total. The second kappa shape index (κ2) is 6.88. The first-order chi connectivity index (χ1) is 9.66. The molecule has 0 bridgehead atoms. The first kappa shape index (κ1) is 14.3. The number of H-pyrrole nitrogens is 1. The van der Waals surface area contributed by atoms with Crippen molar-refractivity contribution in [2.45, 2.75) is 38.1 Å². The van der Waals surface area contributed by atoms with E-state index in [1.54, 1.807) is 4.90 Å². The maximum absolute atomic E-state index is 12.0. The van der Waals surface area contributed by atoms with Gasteiger partial charge in [-0.05, 0) is 19.3 Å². The Morgan fingerprint density at radius 1 is 1.50 bits per heavy atom. The number of aromatic amines is 1. The predicted molar refractivity (Wildman–Crippen MR) is 70.1 cm³/mol. The Morgan fingerprint density at radius 2 is 2.30 bits per heavy atom. The number of nitrogens with one attached hydrogen (secondary N) is 2. The number of aromatic nitrogens is 3. The van der Waals surface area contributed by atoms with E-state index in [0.717, 1.165) is 31.5 Å². The van der Waals surface area contributed by atoms with Crippen LogP contribution in [0, 0.1) is 0 Å². The number of hydrogen-bond donors (Lipinski definition) is 3. The summed E-state index contributed by atoms with van der Waals surface area (Å²) >= 11 is 0. The Balaban J connectivity index is 1.67. The summed E-state index contributed by atoms with van der Waals surface area (Å²) in [5, 5.41) is 18.0. The van der Waals surface area contributed by atoms with Crippen LogP contribution in [0.3, 0.4) is 0 Å². The summed E-state index contributed by atoms with van der Waals surface area (Å²) in [6.45, 7) is 0.809. The Kier molecular flexibility index (Phi) is 4.91. The molecule has 0 aromatic carbocycles. The third-order valence-corrected chi connectivity index (χ3v) is 3.15. The van der Waals surface area contributed by atoms with Gasteiger partial charge in [-0.3, -0.25) is 9.89 Å². The van der Waals surface area contributed by atoms with E-state index in [1.807, 2.05) is 0 Å². The smallest absolute Gasteiger partial charge is 0.317 e. The van der Waals surface area contributed by atoms with E-state index in [4.69, 9.17) is 5.11 Å². The van der Waals surface area contributed by atoms with Gasteiger partial charge < -0.3 is 15.3 Å². The lowest BCUT2D eigenvalue weighted by molar-refractivity contribution is -0.137. The maximum Gasteiger partial charge on any atom is 0.317 e. The Labute approximate surface area is 116 Å². The highest BCUT2D eigenvalue weighted by atomic mass is 16.4. The van der Waals surface area contributed by atoms with E-state index in [0.29, 0.717) is 6.54 Å². The molecule has 1 saturated carbocycles. The van der Waals surface area contributed by atoms with E-state index >= 15 is 0 Å². The predicted octanol–water partition coefficient (Wildman–Crippen LogP) is 0.386. The van der Waals surface area contributed by atoms with Crippen molar-refractivity contribution in [3.05, 3.63) is 12.2 Å². The SMILES string of the molecule is O=C(O)CCN(C(=O)NCCCc1ncn[nH]1)C1CC1. The molecule has 1 heterocycles. The number of carbonyl (C=O) groups is 2. The van der Waals surface area contributed by atoms with E-state index in [-0.39, 0.29) is 25.0 Å². The van der Waals surface area contributed by atoms with Crippen molar-refractivity contribution in [3.8, 4) is 0 Å². The van der Waals surface area contributed by atoms with Gasteiger partial charge in [0.1, 0.15) is 12.2 Å². The van der Waals surface area contributed by atoms with Gasteiger partial charge in [0.2, 0.25) is 0 Å². The highest BCUT2D eigenvalue weighted by Gasteiger charge is 2.32. The number of carbonyl (C=O) groups excluding carboxylic acids is 1. The van der Waals surface area contributed by atoms with Gasteiger partial charge in [0.25, 0.3) is 0 Å². The number of nitrogens with zero attached hydrogens (tertiary/aromatic N) is 3. The lowest BCUT2D eigenvalue weighted by Gasteiger charge is -2.22. The van der Waals surface area contributed by atoms with Gasteiger partial charge in [-0.2, -0.15) is 5.10 Å². The number of urea groups is 1. The Hall–Kier alpha value is -2.12. The highest BCUT2D eigenvalue weighted by Crippen LogP contribution is 2.26. The second-order valence-electron chi connectivity index (χ2n) is 4.84. The summed E-state index contributed by atoms with van der Waals surface area (Å²) in [7, 11) is 0. The normalized spacial score (nSPS) is 14.0. The van der Waals surface area contributed by atoms with Crippen LogP contribution in [-0.2, 0) is 11.2 Å². The number of aryl methyl sites for hydroxylation is 1. The van der Waals surface area contributed by atoms with Crippen LogP contribution in [0.4, 0.5) is 4.79 Å². The van der Waals surface area contributed by atoms with Crippen LogP contribution in [0.1, 0.15) is 31.5 Å². The van der Waals surface area contributed by atoms with E-state index in [2.05, 4.69) is 20.5 Å². The van der Waals surface area contributed by atoms with Crippen molar-refractivity contribution in [2.75, 3.05) is 13.1 Å². The summed E-state index contributed by atoms with van der Waals surface area (Å²) in [6, 6.07) is 0.0370. The average molecular weight is 281 g/mol. The van der Waals surface area contributed by atoms with Crippen LogP contribution in [0.15, 0.2) is 6.33 Å². The van der Waals surface area contributed by atoms with Gasteiger partial charge in [-0.1, -0.05) is 0 Å². The fraction of sp³-hybridized carbons (Fsp3) is 0.667. The van der Waals surface area contributed by atoms with Crippen molar-refractivity contribution in [1.29, 1.82) is 0 Å². The van der Waals surface area contributed by atoms with Crippen molar-refractivity contribution >= 4 is 12.0 Å². The molecule has 1 aromatic heterocycles. The van der Waals surface area contributed by atoms with E-state index in [1.165, 1.54) is 6.33 Å². The van der Waals surface area contributed by atoms with E-state index in [9.17, 15) is 9.59 Å². The minimum atomic E-state index is -0.881. The molecule has 3 N–H and O–H groups in total. The second-order valence-corrected chi connectivity index (χ2v) is 4.84. The zero-order valence-electron chi connectivity index (χ0n) is 11.2. The lowest BCUT2D eigenvalue weighted by atomic mass is 10.3. The molecule has 1 aliphatic rings. The van der Waals surface area contributed by atoms with Crippen LogP contribution < -0.4 is 5.32 Å². The first-order valence-electron chi connectivity index (χ1n) is 6.77. The molecule has 0 saturated heterocycles. The van der Waals surface area contributed by atoms with Crippen LogP contribution in [-0.4, -0.2) is 56.3 Å². The topological polar surface area (TPSA) is 111 Å². The molecule has 110 valence electrons. The lowest BCUT2D eigenvalue weighted by Crippen LogP contribution is -2.42. The molecule has 0 spiro atoms. The van der Waals surface area contributed by atoms with Gasteiger partial charge >= 0.3 is 12.0 Å². The molecule has 0 atom stereocenters. The molecule has 1 fully saturated rings. The number of aliphatic carboxylic acids is 1. The van der Waals surface area contributed by atoms with Gasteiger partial charge in [0.05, 0.1) is 6.42 Å². The largest absolute Gasteiger partial charge is 0.481 e. The number of amides is 2. The fourth-order valence-electron chi connectivity index (χ4n) is 1.96. The molecule has 8 heteroatoms. The number of carboxylic acids is 1. The van der Waals surface area contributed by atoms with Crippen LogP contribution in [0.25, 0.3) is 0 Å². The highest BCUT2D eigenvalue weighted by molar-refractivity contribution is 5.76. The van der Waals surface area contributed by atoms with Crippen molar-refractivity contribution in [3.63, 3.8) is 0 Å². The Bertz CT molecular complexity index is 444. The van der Waals surface area contributed by atoms with Crippen LogP contribution >= 0.6 is 0 Å². The Morgan fingerprint density at radius 3 is 2.90 bits per heavy atom. The number of rotatable bonds is 8. The van der Waals surface area contributed by atoms with Gasteiger partial charge in [0.15, 0.2) is 0 Å². The summed E-state index contributed by atoms with van der Waals surface area (Å²) in [5.41, 5.74) is 0. The monoisotopic (exact) mass is 281 g/mol. The summed E-state index contributed by atoms with van der Waals surface area (Å²) in [5.74, 6) is -0.0852. The van der Waals surface area contributed by atoms with Crippen LogP contribution in [0.5, 0.6) is 0 Å². The van der Waals surface area contributed by atoms with Crippen molar-refractivity contribution in [1.82, 2.24) is 25.4 Å². The standard InChI is InChI=1S/C12H19N5O3/c18-11(19)5-7-17(9-3-4-9)12(20)13-6-1-2-10-14-8-15-16-10/h8-9H,1-7H2,(H,13,20)(H,18,19)(H,14,15,16). The van der Waals surface area contributed by atoms with Crippen molar-refractivity contribution < 1.29 is 14.7 Å². The molecule has 2 rings (SSSR count). The number of hydrogen-bond acceptors (Lipinski definition) is 4. The summed E-state index contributed by atoms with van der Waals surface area (Å²) in [4.78, 5) is 28.2. The first-order valence-corrected chi connectivity index (χ1v) is 6.77. The molecule has 1 aromatic rings. The molecule has 2 amide bonds. The number of carboxylic acid groups (broad SMARTS) is 1. The van der Waals surface area contributed by atoms with Gasteiger partial charge in [-0.15, -0.1) is 0 Å². The molecule has 0 aliphatic heterocycles. The van der Waals surface area contributed by atoms with Crippen molar-refractivity contribution in [2.24, 2.45) is 0 Å². The zero-order chi connectivity index (χ0) is 14.4. The van der Waals surface area contributed by atoms with Gasteiger partial charge in [-0.25, -0.2) is 9.78 Å². The molecule has 0 radical (unpaired) electrons. The van der Waals surface area contributed by atoms with E-state index < -0.39 is 5.97 Å². The summed E-state index contributed by atoms with van der Waals surface area (Å²) < 4.78 is 0. The average Bonchev–Trinajstić information content (AvgIpc) is 3.11. The quantitative estimate of drug-likeness (QED) is 0.597. The molecular formula is C12H19N5O3. The minimum Gasteiger partial charge on any atom is -0.481 e. The molecule has 0 unspecified atom stereocenters.